The highest BCUT2D eigenvalue weighted by atomic mass is 16.5. The van der Waals surface area contributed by atoms with Gasteiger partial charge in [0.05, 0.1) is 18.5 Å². The zero-order chi connectivity index (χ0) is 13.9. The Balaban J connectivity index is 2.56. The molecule has 0 atom stereocenters. The van der Waals surface area contributed by atoms with Crippen LogP contribution in [0.25, 0.3) is 0 Å². The molecular weight excluding hydrogens is 240 g/mol. The fourth-order valence-corrected chi connectivity index (χ4v) is 1.78. The minimum atomic E-state index is 0.727. The molecule has 0 unspecified atom stereocenters. The van der Waals surface area contributed by atoms with Crippen molar-refractivity contribution in [2.45, 2.75) is 33.7 Å². The van der Waals surface area contributed by atoms with E-state index in [1.807, 2.05) is 19.3 Å². The highest BCUT2D eigenvalue weighted by molar-refractivity contribution is 5.36. The van der Waals surface area contributed by atoms with E-state index in [4.69, 9.17) is 4.74 Å². The molecular formula is C14H26N4O. The average molecular weight is 266 g/mol. The van der Waals surface area contributed by atoms with Gasteiger partial charge in [-0.1, -0.05) is 6.92 Å². The van der Waals surface area contributed by atoms with Crippen LogP contribution >= 0.6 is 0 Å². The van der Waals surface area contributed by atoms with Crippen LogP contribution in [0.15, 0.2) is 12.4 Å². The van der Waals surface area contributed by atoms with Gasteiger partial charge in [0.1, 0.15) is 5.82 Å². The van der Waals surface area contributed by atoms with Crippen molar-refractivity contribution in [2.24, 2.45) is 0 Å². The van der Waals surface area contributed by atoms with Crippen LogP contribution in [0.3, 0.4) is 0 Å². The Labute approximate surface area is 116 Å². The second-order valence-electron chi connectivity index (χ2n) is 4.32. The molecule has 108 valence electrons. The summed E-state index contributed by atoms with van der Waals surface area (Å²) in [4.78, 5) is 11.1. The first-order valence-electron chi connectivity index (χ1n) is 7.16. The Hall–Kier alpha value is -1.20. The molecule has 0 radical (unpaired) electrons. The maximum Gasteiger partial charge on any atom is 0.147 e. The molecule has 0 aliphatic rings. The molecule has 0 aliphatic carbocycles. The lowest BCUT2D eigenvalue weighted by Crippen LogP contribution is -2.28. The predicted molar refractivity (Wildman–Crippen MR) is 78.4 cm³/mol. The van der Waals surface area contributed by atoms with Gasteiger partial charge in [-0.2, -0.15) is 0 Å². The van der Waals surface area contributed by atoms with Gasteiger partial charge >= 0.3 is 0 Å². The molecule has 5 nitrogen and oxygen atoms in total. The van der Waals surface area contributed by atoms with Crippen LogP contribution in [0.5, 0.6) is 0 Å². The summed E-state index contributed by atoms with van der Waals surface area (Å²) >= 11 is 0. The first-order chi connectivity index (χ1) is 9.31. The Bertz CT molecular complexity index is 346. The van der Waals surface area contributed by atoms with E-state index in [2.05, 4.69) is 34.0 Å². The summed E-state index contributed by atoms with van der Waals surface area (Å²) in [5.41, 5.74) is 0.987. The van der Waals surface area contributed by atoms with Gasteiger partial charge in [-0.05, 0) is 26.8 Å². The third-order valence-electron chi connectivity index (χ3n) is 2.82. The number of hydrogen-bond donors (Lipinski definition) is 1. The van der Waals surface area contributed by atoms with Crippen LogP contribution in [-0.2, 0) is 11.3 Å². The summed E-state index contributed by atoms with van der Waals surface area (Å²) in [5.74, 6) is 0.929. The highest BCUT2D eigenvalue weighted by Crippen LogP contribution is 2.09. The second kappa shape index (κ2) is 9.69. The van der Waals surface area contributed by atoms with Crippen molar-refractivity contribution in [3.05, 3.63) is 18.1 Å². The van der Waals surface area contributed by atoms with Crippen molar-refractivity contribution >= 4 is 5.82 Å². The van der Waals surface area contributed by atoms with E-state index in [1.54, 1.807) is 0 Å². The van der Waals surface area contributed by atoms with E-state index in [-0.39, 0.29) is 0 Å². The van der Waals surface area contributed by atoms with Gasteiger partial charge in [0.25, 0.3) is 0 Å². The molecule has 0 fully saturated rings. The summed E-state index contributed by atoms with van der Waals surface area (Å²) < 4.78 is 5.39. The van der Waals surface area contributed by atoms with Gasteiger partial charge in [0, 0.05) is 32.4 Å². The predicted octanol–water partition coefficient (Wildman–Crippen LogP) is 1.84. The molecule has 0 aromatic carbocycles. The lowest BCUT2D eigenvalue weighted by Gasteiger charge is -2.21. The first kappa shape index (κ1) is 15.9. The highest BCUT2D eigenvalue weighted by Gasteiger charge is 2.07. The molecule has 1 heterocycles. The topological polar surface area (TPSA) is 50.3 Å². The van der Waals surface area contributed by atoms with Gasteiger partial charge < -0.3 is 15.0 Å². The Morgan fingerprint density at radius 1 is 1.26 bits per heavy atom. The van der Waals surface area contributed by atoms with E-state index in [1.165, 1.54) is 0 Å². The number of anilines is 1. The zero-order valence-corrected chi connectivity index (χ0v) is 12.4. The number of likely N-dealkylation sites (N-methyl/N-ethyl adjacent to an activating group) is 1. The monoisotopic (exact) mass is 266 g/mol. The molecule has 0 amide bonds. The van der Waals surface area contributed by atoms with Crippen LogP contribution in [0.1, 0.15) is 32.9 Å². The third-order valence-corrected chi connectivity index (χ3v) is 2.82. The Kier molecular flexibility index (Phi) is 8.09. The summed E-state index contributed by atoms with van der Waals surface area (Å²) in [6.45, 7) is 11.3. The summed E-state index contributed by atoms with van der Waals surface area (Å²) in [6, 6.07) is 0. The van der Waals surface area contributed by atoms with Crippen molar-refractivity contribution in [3.8, 4) is 0 Å². The third kappa shape index (κ3) is 5.98. The summed E-state index contributed by atoms with van der Waals surface area (Å²) in [7, 11) is 0. The Morgan fingerprint density at radius 2 is 2.11 bits per heavy atom. The van der Waals surface area contributed by atoms with E-state index < -0.39 is 0 Å². The molecule has 0 saturated carbocycles. The van der Waals surface area contributed by atoms with E-state index in [0.717, 1.165) is 57.3 Å². The second-order valence-corrected chi connectivity index (χ2v) is 4.32. The smallest absolute Gasteiger partial charge is 0.147 e. The molecule has 19 heavy (non-hydrogen) atoms. The van der Waals surface area contributed by atoms with E-state index >= 15 is 0 Å². The van der Waals surface area contributed by atoms with Crippen molar-refractivity contribution in [3.63, 3.8) is 0 Å². The van der Waals surface area contributed by atoms with Gasteiger partial charge in [-0.25, -0.2) is 4.98 Å². The average Bonchev–Trinajstić information content (AvgIpc) is 2.44. The number of nitrogens with one attached hydrogen (secondary N) is 1. The molecule has 1 N–H and O–H groups in total. The molecule has 0 bridgehead atoms. The van der Waals surface area contributed by atoms with Crippen molar-refractivity contribution in [1.29, 1.82) is 0 Å². The van der Waals surface area contributed by atoms with Crippen molar-refractivity contribution < 1.29 is 4.74 Å². The number of rotatable bonds is 10. The SMILES string of the molecule is CCCNCc1cncc(N(CC)CCOCC)n1. The van der Waals surface area contributed by atoms with Crippen molar-refractivity contribution in [2.75, 3.05) is 37.7 Å². The molecule has 0 saturated heterocycles. The van der Waals surface area contributed by atoms with Gasteiger partial charge in [-0.15, -0.1) is 0 Å². The summed E-state index contributed by atoms with van der Waals surface area (Å²) in [5, 5.41) is 3.34. The fourth-order valence-electron chi connectivity index (χ4n) is 1.78. The number of aromatic nitrogens is 2. The van der Waals surface area contributed by atoms with Crippen molar-refractivity contribution in [1.82, 2.24) is 15.3 Å². The Morgan fingerprint density at radius 3 is 2.79 bits per heavy atom. The first-order valence-corrected chi connectivity index (χ1v) is 7.16. The quantitative estimate of drug-likeness (QED) is 0.655. The normalized spacial score (nSPS) is 10.7. The minimum Gasteiger partial charge on any atom is -0.380 e. The number of nitrogens with zero attached hydrogens (tertiary/aromatic N) is 3. The lowest BCUT2D eigenvalue weighted by molar-refractivity contribution is 0.154. The lowest BCUT2D eigenvalue weighted by atomic mass is 10.4. The molecule has 1 aromatic heterocycles. The molecule has 0 aliphatic heterocycles. The fraction of sp³-hybridized carbons (Fsp3) is 0.714. The largest absolute Gasteiger partial charge is 0.380 e. The molecule has 1 rings (SSSR count). The van der Waals surface area contributed by atoms with Crippen LogP contribution in [-0.4, -0.2) is 42.8 Å². The standard InChI is InChI=1S/C14H26N4O/c1-4-7-15-10-13-11-16-12-14(17-13)18(5-2)8-9-19-6-3/h11-12,15H,4-10H2,1-3H3. The van der Waals surface area contributed by atoms with E-state index in [0.29, 0.717) is 0 Å². The molecule has 5 heteroatoms. The van der Waals surface area contributed by atoms with E-state index in [9.17, 15) is 0 Å². The summed E-state index contributed by atoms with van der Waals surface area (Å²) in [6.07, 6.45) is 4.77. The molecule has 0 spiro atoms. The van der Waals surface area contributed by atoms with Gasteiger partial charge in [0.15, 0.2) is 0 Å². The number of hydrogen-bond acceptors (Lipinski definition) is 5. The minimum absolute atomic E-state index is 0.727. The van der Waals surface area contributed by atoms with Gasteiger partial charge in [0.2, 0.25) is 0 Å². The maximum absolute atomic E-state index is 5.39. The maximum atomic E-state index is 5.39. The van der Waals surface area contributed by atoms with Gasteiger partial charge in [-0.3, -0.25) is 4.98 Å². The van der Waals surface area contributed by atoms with Crippen LogP contribution in [0.2, 0.25) is 0 Å². The molecule has 1 aromatic rings. The number of ether oxygens (including phenoxy) is 1. The van der Waals surface area contributed by atoms with Crippen LogP contribution in [0.4, 0.5) is 5.82 Å². The van der Waals surface area contributed by atoms with Crippen LogP contribution < -0.4 is 10.2 Å². The van der Waals surface area contributed by atoms with Crippen LogP contribution in [0, 0.1) is 0 Å². The zero-order valence-electron chi connectivity index (χ0n) is 12.4.